The predicted octanol–water partition coefficient (Wildman–Crippen LogP) is 2.45. The standard InChI is InChI=1S/C14H25N3/c1-5-17(11-14(3,4)10-15)12(2)13-6-8-16-9-7-13/h6-9,12H,5,10-11,15H2,1-4H3. The zero-order valence-electron chi connectivity index (χ0n) is 11.5. The minimum Gasteiger partial charge on any atom is -0.330 e. The Morgan fingerprint density at radius 3 is 2.41 bits per heavy atom. The summed E-state index contributed by atoms with van der Waals surface area (Å²) in [7, 11) is 0. The van der Waals surface area contributed by atoms with Crippen LogP contribution in [0.15, 0.2) is 24.5 Å². The number of hydrogen-bond donors (Lipinski definition) is 1. The van der Waals surface area contributed by atoms with Crippen molar-refractivity contribution in [3.05, 3.63) is 30.1 Å². The summed E-state index contributed by atoms with van der Waals surface area (Å²) in [5.41, 5.74) is 7.29. The van der Waals surface area contributed by atoms with Crippen LogP contribution in [0.2, 0.25) is 0 Å². The van der Waals surface area contributed by atoms with Gasteiger partial charge in [0, 0.05) is 25.0 Å². The van der Waals surface area contributed by atoms with E-state index < -0.39 is 0 Å². The normalized spacial score (nSPS) is 14.0. The van der Waals surface area contributed by atoms with E-state index >= 15 is 0 Å². The molecule has 3 heteroatoms. The van der Waals surface area contributed by atoms with Crippen LogP contribution in [0.3, 0.4) is 0 Å². The maximum atomic E-state index is 5.81. The van der Waals surface area contributed by atoms with E-state index in [2.05, 4.69) is 49.7 Å². The van der Waals surface area contributed by atoms with Gasteiger partial charge in [-0.2, -0.15) is 0 Å². The van der Waals surface area contributed by atoms with Crippen molar-refractivity contribution in [2.45, 2.75) is 33.7 Å². The molecule has 1 unspecified atom stereocenters. The second-order valence-corrected chi connectivity index (χ2v) is 5.39. The summed E-state index contributed by atoms with van der Waals surface area (Å²) in [4.78, 5) is 6.53. The van der Waals surface area contributed by atoms with E-state index in [4.69, 9.17) is 5.73 Å². The fraction of sp³-hybridized carbons (Fsp3) is 0.643. The Morgan fingerprint density at radius 1 is 1.35 bits per heavy atom. The smallest absolute Gasteiger partial charge is 0.0321 e. The van der Waals surface area contributed by atoms with Crippen LogP contribution in [0.4, 0.5) is 0 Å². The molecule has 0 saturated carbocycles. The summed E-state index contributed by atoms with van der Waals surface area (Å²) in [5, 5.41) is 0. The lowest BCUT2D eigenvalue weighted by Crippen LogP contribution is -2.39. The number of aromatic nitrogens is 1. The van der Waals surface area contributed by atoms with E-state index in [-0.39, 0.29) is 5.41 Å². The Kier molecular flexibility index (Phi) is 5.09. The number of rotatable bonds is 6. The SMILES string of the molecule is CCN(CC(C)(C)CN)C(C)c1ccncc1. The first-order chi connectivity index (χ1) is 8.00. The molecule has 1 atom stereocenters. The fourth-order valence-electron chi connectivity index (χ4n) is 1.99. The Morgan fingerprint density at radius 2 is 1.94 bits per heavy atom. The largest absolute Gasteiger partial charge is 0.330 e. The van der Waals surface area contributed by atoms with Crippen LogP contribution in [0.1, 0.15) is 39.3 Å². The van der Waals surface area contributed by atoms with Crippen molar-refractivity contribution >= 4 is 0 Å². The van der Waals surface area contributed by atoms with Crippen molar-refractivity contribution in [2.75, 3.05) is 19.6 Å². The quantitative estimate of drug-likeness (QED) is 0.823. The lowest BCUT2D eigenvalue weighted by Gasteiger charge is -2.35. The Balaban J connectivity index is 2.74. The van der Waals surface area contributed by atoms with E-state index in [1.54, 1.807) is 0 Å². The molecule has 1 heterocycles. The predicted molar refractivity (Wildman–Crippen MR) is 72.7 cm³/mol. The molecule has 1 rings (SSSR count). The molecule has 0 saturated heterocycles. The third kappa shape index (κ3) is 4.10. The topological polar surface area (TPSA) is 42.1 Å². The molecule has 0 radical (unpaired) electrons. The molecule has 0 bridgehead atoms. The highest BCUT2D eigenvalue weighted by atomic mass is 15.2. The van der Waals surface area contributed by atoms with Crippen LogP contribution in [-0.2, 0) is 0 Å². The molecule has 0 amide bonds. The lowest BCUT2D eigenvalue weighted by atomic mass is 9.92. The van der Waals surface area contributed by atoms with Gasteiger partial charge >= 0.3 is 0 Å². The van der Waals surface area contributed by atoms with Crippen LogP contribution in [-0.4, -0.2) is 29.5 Å². The van der Waals surface area contributed by atoms with Crippen molar-refractivity contribution in [3.63, 3.8) is 0 Å². The molecule has 0 aliphatic rings. The van der Waals surface area contributed by atoms with Gasteiger partial charge in [0.15, 0.2) is 0 Å². The van der Waals surface area contributed by atoms with Crippen LogP contribution in [0, 0.1) is 5.41 Å². The number of nitrogens with zero attached hydrogens (tertiary/aromatic N) is 2. The minimum atomic E-state index is 0.164. The zero-order valence-corrected chi connectivity index (χ0v) is 11.5. The van der Waals surface area contributed by atoms with Gasteiger partial charge in [-0.3, -0.25) is 9.88 Å². The van der Waals surface area contributed by atoms with E-state index in [0.717, 1.165) is 13.1 Å². The van der Waals surface area contributed by atoms with Crippen molar-refractivity contribution in [1.29, 1.82) is 0 Å². The van der Waals surface area contributed by atoms with E-state index in [1.165, 1.54) is 5.56 Å². The summed E-state index contributed by atoms with van der Waals surface area (Å²) in [6.07, 6.45) is 3.71. The fourth-order valence-corrected chi connectivity index (χ4v) is 1.99. The average Bonchev–Trinajstić information content (AvgIpc) is 2.36. The third-order valence-electron chi connectivity index (χ3n) is 3.33. The first-order valence-corrected chi connectivity index (χ1v) is 6.34. The molecule has 0 aliphatic carbocycles. The van der Waals surface area contributed by atoms with E-state index in [9.17, 15) is 0 Å². The van der Waals surface area contributed by atoms with Gasteiger partial charge in [-0.1, -0.05) is 20.8 Å². The van der Waals surface area contributed by atoms with Gasteiger partial charge in [-0.25, -0.2) is 0 Å². The van der Waals surface area contributed by atoms with Crippen molar-refractivity contribution < 1.29 is 0 Å². The van der Waals surface area contributed by atoms with Crippen LogP contribution >= 0.6 is 0 Å². The molecule has 0 fully saturated rings. The van der Waals surface area contributed by atoms with Crippen molar-refractivity contribution in [1.82, 2.24) is 9.88 Å². The maximum Gasteiger partial charge on any atom is 0.0321 e. The molecule has 2 N–H and O–H groups in total. The number of hydrogen-bond acceptors (Lipinski definition) is 3. The number of pyridine rings is 1. The molecule has 1 aromatic rings. The third-order valence-corrected chi connectivity index (χ3v) is 3.33. The molecule has 0 aromatic carbocycles. The second-order valence-electron chi connectivity index (χ2n) is 5.39. The molecule has 17 heavy (non-hydrogen) atoms. The van der Waals surface area contributed by atoms with Gasteiger partial charge in [-0.15, -0.1) is 0 Å². The highest BCUT2D eigenvalue weighted by Gasteiger charge is 2.23. The molecule has 1 aromatic heterocycles. The summed E-state index contributed by atoms with van der Waals surface area (Å²) >= 11 is 0. The van der Waals surface area contributed by atoms with E-state index in [1.807, 2.05) is 12.4 Å². The molecule has 0 spiro atoms. The highest BCUT2D eigenvalue weighted by Crippen LogP contribution is 2.24. The Hall–Kier alpha value is -0.930. The number of nitrogens with two attached hydrogens (primary N) is 1. The monoisotopic (exact) mass is 235 g/mol. The summed E-state index contributed by atoms with van der Waals surface area (Å²) in [6, 6.07) is 4.58. The van der Waals surface area contributed by atoms with Crippen LogP contribution in [0.5, 0.6) is 0 Å². The Bertz CT molecular complexity index is 321. The van der Waals surface area contributed by atoms with Gasteiger partial charge in [-0.05, 0) is 43.1 Å². The first kappa shape index (κ1) is 14.1. The van der Waals surface area contributed by atoms with Crippen molar-refractivity contribution in [3.8, 4) is 0 Å². The molecular formula is C14H25N3. The van der Waals surface area contributed by atoms with Crippen LogP contribution < -0.4 is 5.73 Å². The zero-order chi connectivity index (χ0) is 12.9. The molecule has 3 nitrogen and oxygen atoms in total. The van der Waals surface area contributed by atoms with Gasteiger partial charge in [0.1, 0.15) is 0 Å². The Labute approximate surface area is 105 Å². The van der Waals surface area contributed by atoms with Crippen molar-refractivity contribution in [2.24, 2.45) is 11.1 Å². The first-order valence-electron chi connectivity index (χ1n) is 6.34. The minimum absolute atomic E-state index is 0.164. The van der Waals surface area contributed by atoms with Crippen LogP contribution in [0.25, 0.3) is 0 Å². The summed E-state index contributed by atoms with van der Waals surface area (Å²) < 4.78 is 0. The summed E-state index contributed by atoms with van der Waals surface area (Å²) in [5.74, 6) is 0. The maximum absolute atomic E-state index is 5.81. The molecule has 0 aliphatic heterocycles. The van der Waals surface area contributed by atoms with Gasteiger partial charge in [0.2, 0.25) is 0 Å². The van der Waals surface area contributed by atoms with Gasteiger partial charge < -0.3 is 5.73 Å². The highest BCUT2D eigenvalue weighted by molar-refractivity contribution is 5.14. The second kappa shape index (κ2) is 6.12. The summed E-state index contributed by atoms with van der Waals surface area (Å²) in [6.45, 7) is 11.6. The van der Waals surface area contributed by atoms with E-state index in [0.29, 0.717) is 12.6 Å². The molecule has 96 valence electrons. The lowest BCUT2D eigenvalue weighted by molar-refractivity contribution is 0.148. The molecular weight excluding hydrogens is 210 g/mol. The average molecular weight is 235 g/mol. The van der Waals surface area contributed by atoms with Gasteiger partial charge in [0.25, 0.3) is 0 Å². The van der Waals surface area contributed by atoms with Gasteiger partial charge in [0.05, 0.1) is 0 Å².